The van der Waals surface area contributed by atoms with Gasteiger partial charge in [0.15, 0.2) is 0 Å². The Kier molecular flexibility index (Phi) is 8.30. The van der Waals surface area contributed by atoms with Crippen molar-refractivity contribution in [2.24, 2.45) is 5.73 Å². The van der Waals surface area contributed by atoms with Gasteiger partial charge < -0.3 is 16.4 Å². The minimum Gasteiger partial charge on any atom is -0.366 e. The monoisotopic (exact) mass is 478 g/mol. The Balaban J connectivity index is 1.57. The summed E-state index contributed by atoms with van der Waals surface area (Å²) < 4.78 is 1.10. The van der Waals surface area contributed by atoms with Crippen molar-refractivity contribution < 1.29 is 14.4 Å². The van der Waals surface area contributed by atoms with Crippen LogP contribution in [0.5, 0.6) is 0 Å². The lowest BCUT2D eigenvalue weighted by atomic mass is 10.1. The molecule has 0 aliphatic carbocycles. The number of H-pyrrole nitrogens is 1. The van der Waals surface area contributed by atoms with Gasteiger partial charge in [-0.1, -0.05) is 36.4 Å². The molecule has 1 aromatic heterocycles. The molecule has 3 amide bonds. The summed E-state index contributed by atoms with van der Waals surface area (Å²) in [5.41, 5.74) is 6.50. The van der Waals surface area contributed by atoms with E-state index in [0.29, 0.717) is 12.2 Å². The molecule has 182 valence electrons. The Morgan fingerprint density at radius 2 is 1.66 bits per heavy atom. The third kappa shape index (κ3) is 7.24. The first-order valence-electron chi connectivity index (χ1n) is 10.7. The number of hydrogen-bond acceptors (Lipinski definition) is 6. The number of anilines is 1. The summed E-state index contributed by atoms with van der Waals surface area (Å²) in [6, 6.07) is 15.1. The van der Waals surface area contributed by atoms with Gasteiger partial charge in [0.05, 0.1) is 17.8 Å². The topological polar surface area (TPSA) is 159 Å². The van der Waals surface area contributed by atoms with E-state index < -0.39 is 23.1 Å². The smallest absolute Gasteiger partial charge is 0.328 e. The van der Waals surface area contributed by atoms with Crippen LogP contribution >= 0.6 is 0 Å². The second kappa shape index (κ2) is 11.6. The highest BCUT2D eigenvalue weighted by molar-refractivity contribution is 6.03. The number of nitrogens with zero attached hydrogens (tertiary/aromatic N) is 2. The number of para-hydroxylation sites is 1. The van der Waals surface area contributed by atoms with Gasteiger partial charge in [0, 0.05) is 25.4 Å². The van der Waals surface area contributed by atoms with Crippen molar-refractivity contribution in [2.45, 2.75) is 19.6 Å². The molecule has 0 saturated carbocycles. The number of carbonyl (C=O) groups excluding carboxylic acids is 3. The minimum absolute atomic E-state index is 0.0584. The normalized spacial score (nSPS) is 10.7. The minimum atomic E-state index is -0.661. The SMILES string of the molecule is CN(CC(=O)Nc1ccccc1C(N)=O)Cc1ccccc1CNC(=O)Cn1ccc(=O)[nH]c1=O. The Bertz CT molecular complexity index is 1350. The van der Waals surface area contributed by atoms with Crippen molar-refractivity contribution in [1.29, 1.82) is 0 Å². The highest BCUT2D eigenvalue weighted by atomic mass is 16.2. The Morgan fingerprint density at radius 1 is 0.971 bits per heavy atom. The van der Waals surface area contributed by atoms with Gasteiger partial charge in [0.1, 0.15) is 6.54 Å². The van der Waals surface area contributed by atoms with Crippen LogP contribution in [0.1, 0.15) is 21.5 Å². The molecule has 0 spiro atoms. The summed E-state index contributed by atoms with van der Waals surface area (Å²) in [6.45, 7) is 0.475. The molecule has 1 heterocycles. The summed E-state index contributed by atoms with van der Waals surface area (Å²) in [6.07, 6.45) is 1.26. The predicted octanol–water partition coefficient (Wildman–Crippen LogP) is 0.0224. The summed E-state index contributed by atoms with van der Waals surface area (Å²) in [5.74, 6) is -1.33. The fraction of sp³-hybridized carbons (Fsp3) is 0.208. The van der Waals surface area contributed by atoms with Gasteiger partial charge in [0.2, 0.25) is 11.8 Å². The molecule has 3 aromatic rings. The van der Waals surface area contributed by atoms with Crippen LogP contribution in [0, 0.1) is 0 Å². The van der Waals surface area contributed by atoms with E-state index in [2.05, 4.69) is 15.6 Å². The van der Waals surface area contributed by atoms with E-state index in [9.17, 15) is 24.0 Å². The standard InChI is InChI=1S/C24H26N6O5/c1-29(14-22(33)27-19-9-5-4-8-18(19)23(25)34)13-17-7-3-2-6-16(17)12-26-21(32)15-30-11-10-20(31)28-24(30)35/h2-11H,12-15H2,1H3,(H2,25,34)(H,26,32)(H,27,33)(H,28,31,35). The molecule has 35 heavy (non-hydrogen) atoms. The van der Waals surface area contributed by atoms with Gasteiger partial charge in [-0.2, -0.15) is 0 Å². The zero-order valence-corrected chi connectivity index (χ0v) is 19.1. The number of rotatable bonds is 10. The van der Waals surface area contributed by atoms with Crippen LogP contribution in [-0.4, -0.2) is 45.8 Å². The van der Waals surface area contributed by atoms with Crippen molar-refractivity contribution in [3.63, 3.8) is 0 Å². The highest BCUT2D eigenvalue weighted by Crippen LogP contribution is 2.15. The van der Waals surface area contributed by atoms with Crippen molar-refractivity contribution in [3.8, 4) is 0 Å². The number of aromatic amines is 1. The number of hydrogen-bond donors (Lipinski definition) is 4. The van der Waals surface area contributed by atoms with Crippen LogP contribution in [0.3, 0.4) is 0 Å². The van der Waals surface area contributed by atoms with Crippen LogP contribution in [-0.2, 0) is 29.2 Å². The number of primary amides is 1. The van der Waals surface area contributed by atoms with E-state index >= 15 is 0 Å². The lowest BCUT2D eigenvalue weighted by Gasteiger charge is -2.19. The maximum atomic E-state index is 12.5. The van der Waals surface area contributed by atoms with Crippen LogP contribution < -0.4 is 27.6 Å². The Labute approximate surface area is 200 Å². The fourth-order valence-electron chi connectivity index (χ4n) is 3.45. The summed E-state index contributed by atoms with van der Waals surface area (Å²) in [7, 11) is 1.78. The third-order valence-electron chi connectivity index (χ3n) is 5.13. The maximum absolute atomic E-state index is 12.5. The molecule has 5 N–H and O–H groups in total. The molecule has 0 saturated heterocycles. The molecule has 0 atom stereocenters. The van der Waals surface area contributed by atoms with E-state index in [1.54, 1.807) is 36.2 Å². The average molecular weight is 479 g/mol. The summed E-state index contributed by atoms with van der Waals surface area (Å²) in [5, 5.41) is 5.47. The molecular weight excluding hydrogens is 452 g/mol. The number of nitrogens with two attached hydrogens (primary N) is 1. The molecule has 11 heteroatoms. The molecule has 11 nitrogen and oxygen atoms in total. The van der Waals surface area contributed by atoms with E-state index in [0.717, 1.165) is 15.7 Å². The first kappa shape index (κ1) is 25.1. The number of nitrogens with one attached hydrogen (secondary N) is 3. The maximum Gasteiger partial charge on any atom is 0.328 e. The van der Waals surface area contributed by atoms with Crippen molar-refractivity contribution >= 4 is 23.4 Å². The summed E-state index contributed by atoms with van der Waals surface area (Å²) in [4.78, 5) is 63.1. The number of likely N-dealkylation sites (N-methyl/N-ethyl adjacent to an activating group) is 1. The average Bonchev–Trinajstić information content (AvgIpc) is 2.80. The van der Waals surface area contributed by atoms with Crippen molar-refractivity contribution in [2.75, 3.05) is 18.9 Å². The zero-order chi connectivity index (χ0) is 25.4. The predicted molar refractivity (Wildman–Crippen MR) is 130 cm³/mol. The second-order valence-electron chi connectivity index (χ2n) is 7.91. The molecular formula is C24H26N6O5. The number of carbonyl (C=O) groups is 3. The molecule has 0 radical (unpaired) electrons. The molecule has 0 aliphatic heterocycles. The first-order valence-corrected chi connectivity index (χ1v) is 10.7. The number of amides is 3. The van der Waals surface area contributed by atoms with Crippen LogP contribution in [0.15, 0.2) is 70.4 Å². The van der Waals surface area contributed by atoms with Crippen molar-refractivity contribution in [3.05, 3.63) is 98.3 Å². The van der Waals surface area contributed by atoms with E-state index in [1.165, 1.54) is 12.3 Å². The number of benzene rings is 2. The van der Waals surface area contributed by atoms with Crippen LogP contribution in [0.2, 0.25) is 0 Å². The molecule has 0 bridgehead atoms. The van der Waals surface area contributed by atoms with E-state index in [-0.39, 0.29) is 31.1 Å². The van der Waals surface area contributed by atoms with Crippen LogP contribution in [0.25, 0.3) is 0 Å². The lowest BCUT2D eigenvalue weighted by Crippen LogP contribution is -2.35. The fourth-order valence-corrected chi connectivity index (χ4v) is 3.45. The van der Waals surface area contributed by atoms with E-state index in [1.807, 2.05) is 24.3 Å². The van der Waals surface area contributed by atoms with Gasteiger partial charge in [-0.15, -0.1) is 0 Å². The molecule has 0 aliphatic rings. The van der Waals surface area contributed by atoms with Gasteiger partial charge in [-0.3, -0.25) is 33.6 Å². The third-order valence-corrected chi connectivity index (χ3v) is 5.13. The first-order chi connectivity index (χ1) is 16.7. The Hall–Kier alpha value is -4.51. The Morgan fingerprint density at radius 3 is 2.37 bits per heavy atom. The zero-order valence-electron chi connectivity index (χ0n) is 19.1. The van der Waals surface area contributed by atoms with E-state index in [4.69, 9.17) is 5.73 Å². The summed E-state index contributed by atoms with van der Waals surface area (Å²) >= 11 is 0. The quantitative estimate of drug-likeness (QED) is 0.321. The largest absolute Gasteiger partial charge is 0.366 e. The molecule has 2 aromatic carbocycles. The van der Waals surface area contributed by atoms with Gasteiger partial charge >= 0.3 is 5.69 Å². The number of aromatic nitrogens is 2. The lowest BCUT2D eigenvalue weighted by molar-refractivity contribution is -0.122. The molecule has 0 fully saturated rings. The van der Waals surface area contributed by atoms with Gasteiger partial charge in [-0.25, -0.2) is 4.79 Å². The van der Waals surface area contributed by atoms with Gasteiger partial charge in [0.25, 0.3) is 11.5 Å². The van der Waals surface area contributed by atoms with Gasteiger partial charge in [-0.05, 0) is 30.3 Å². The second-order valence-corrected chi connectivity index (χ2v) is 7.91. The molecule has 3 rings (SSSR count). The highest BCUT2D eigenvalue weighted by Gasteiger charge is 2.14. The van der Waals surface area contributed by atoms with Crippen molar-refractivity contribution in [1.82, 2.24) is 19.8 Å². The molecule has 0 unspecified atom stereocenters. The van der Waals surface area contributed by atoms with Crippen LogP contribution in [0.4, 0.5) is 5.69 Å².